The molecule has 2 spiro atoms. The second-order valence-electron chi connectivity index (χ2n) is 7.94. The van der Waals surface area contributed by atoms with Crippen molar-refractivity contribution < 1.29 is 28.8 Å². The Bertz CT molecular complexity index is 383. The van der Waals surface area contributed by atoms with Crippen LogP contribution in [-0.4, -0.2) is 62.9 Å². The van der Waals surface area contributed by atoms with Gasteiger partial charge in [-0.05, 0) is 44.4 Å². The van der Waals surface area contributed by atoms with Gasteiger partial charge in [0.1, 0.15) is 0 Å². The number of aliphatic hydroxyl groups excluding tert-OH is 1. The van der Waals surface area contributed by atoms with E-state index in [0.29, 0.717) is 18.4 Å². The first kappa shape index (κ1) is 20.5. The number of hydrogen-bond donors (Lipinski definition) is 1. The van der Waals surface area contributed by atoms with Crippen molar-refractivity contribution in [1.82, 2.24) is 0 Å². The Kier molecular flexibility index (Phi) is 7.73. The molecule has 2 aliphatic carbocycles. The van der Waals surface area contributed by atoms with Crippen LogP contribution in [0.1, 0.15) is 58.3 Å². The molecule has 152 valence electrons. The van der Waals surface area contributed by atoms with Crippen molar-refractivity contribution in [2.24, 2.45) is 11.8 Å². The van der Waals surface area contributed by atoms with E-state index in [4.69, 9.17) is 28.8 Å². The third kappa shape index (κ3) is 5.40. The molecule has 0 bridgehead atoms. The molecule has 0 radical (unpaired) electrons. The molecule has 4 aliphatic rings. The molecule has 1 N–H and O–H groups in total. The molecular formula is C20H36O6. The Balaban J connectivity index is 0.000000152. The summed E-state index contributed by atoms with van der Waals surface area (Å²) in [7, 11) is 0. The zero-order valence-electron chi connectivity index (χ0n) is 16.2. The molecule has 4 rings (SSSR count). The van der Waals surface area contributed by atoms with Crippen LogP contribution in [0.25, 0.3) is 0 Å². The van der Waals surface area contributed by atoms with Crippen LogP contribution in [0.5, 0.6) is 0 Å². The molecule has 0 aromatic carbocycles. The molecule has 6 heteroatoms. The normalized spacial score (nSPS) is 30.5. The monoisotopic (exact) mass is 372 g/mol. The maximum Gasteiger partial charge on any atom is 0.168 e. The lowest BCUT2D eigenvalue weighted by Gasteiger charge is -2.35. The van der Waals surface area contributed by atoms with Crippen molar-refractivity contribution in [2.75, 3.05) is 46.2 Å². The van der Waals surface area contributed by atoms with Gasteiger partial charge in [-0.25, -0.2) is 0 Å². The molecule has 0 unspecified atom stereocenters. The van der Waals surface area contributed by atoms with E-state index in [0.717, 1.165) is 78.2 Å². The van der Waals surface area contributed by atoms with E-state index in [1.807, 2.05) is 6.92 Å². The van der Waals surface area contributed by atoms with Crippen molar-refractivity contribution in [2.45, 2.75) is 69.9 Å². The molecule has 2 saturated carbocycles. The third-order valence-corrected chi connectivity index (χ3v) is 6.18. The zero-order valence-corrected chi connectivity index (χ0v) is 16.2. The second kappa shape index (κ2) is 9.80. The van der Waals surface area contributed by atoms with E-state index in [1.54, 1.807) is 0 Å². The van der Waals surface area contributed by atoms with Crippen molar-refractivity contribution in [3.05, 3.63) is 0 Å². The quantitative estimate of drug-likeness (QED) is 0.819. The van der Waals surface area contributed by atoms with Gasteiger partial charge in [0.2, 0.25) is 0 Å². The zero-order chi connectivity index (χ0) is 18.3. The molecule has 26 heavy (non-hydrogen) atoms. The van der Waals surface area contributed by atoms with E-state index in [9.17, 15) is 0 Å². The SMILES string of the molecule is CCOCC1CCC2(CC1)OCCO2.OCC1CCC2(CC1)OCCO2. The van der Waals surface area contributed by atoms with Crippen molar-refractivity contribution >= 4 is 0 Å². The summed E-state index contributed by atoms with van der Waals surface area (Å²) >= 11 is 0. The Hall–Kier alpha value is -0.240. The van der Waals surface area contributed by atoms with Crippen LogP contribution in [0.2, 0.25) is 0 Å². The van der Waals surface area contributed by atoms with Crippen LogP contribution >= 0.6 is 0 Å². The maximum atomic E-state index is 8.94. The van der Waals surface area contributed by atoms with E-state index in [1.165, 1.54) is 12.8 Å². The predicted octanol–water partition coefficient (Wildman–Crippen LogP) is 2.87. The Morgan fingerprint density at radius 3 is 1.58 bits per heavy atom. The van der Waals surface area contributed by atoms with E-state index in [-0.39, 0.29) is 11.6 Å². The van der Waals surface area contributed by atoms with Gasteiger partial charge >= 0.3 is 0 Å². The summed E-state index contributed by atoms with van der Waals surface area (Å²) in [6.07, 6.45) is 8.44. The lowest BCUT2D eigenvalue weighted by atomic mass is 9.85. The summed E-state index contributed by atoms with van der Waals surface area (Å²) in [5, 5.41) is 8.94. The van der Waals surface area contributed by atoms with Crippen LogP contribution in [-0.2, 0) is 23.7 Å². The summed E-state index contributed by atoms with van der Waals surface area (Å²) in [6, 6.07) is 0. The molecule has 0 atom stereocenters. The average Bonchev–Trinajstić information content (AvgIpc) is 3.33. The number of aliphatic hydroxyl groups is 1. The fourth-order valence-corrected chi connectivity index (χ4v) is 4.44. The van der Waals surface area contributed by atoms with Gasteiger partial charge in [0.05, 0.1) is 26.4 Å². The molecular weight excluding hydrogens is 336 g/mol. The Morgan fingerprint density at radius 2 is 1.19 bits per heavy atom. The van der Waals surface area contributed by atoms with Crippen molar-refractivity contribution in [3.8, 4) is 0 Å². The van der Waals surface area contributed by atoms with E-state index in [2.05, 4.69) is 0 Å². The van der Waals surface area contributed by atoms with Crippen LogP contribution in [0, 0.1) is 11.8 Å². The number of hydrogen-bond acceptors (Lipinski definition) is 6. The van der Waals surface area contributed by atoms with Gasteiger partial charge in [-0.15, -0.1) is 0 Å². The first-order chi connectivity index (χ1) is 12.7. The molecule has 6 nitrogen and oxygen atoms in total. The highest BCUT2D eigenvalue weighted by Crippen LogP contribution is 2.39. The predicted molar refractivity (Wildman–Crippen MR) is 96.8 cm³/mol. The Labute approximate surface area is 157 Å². The minimum atomic E-state index is -0.258. The van der Waals surface area contributed by atoms with Crippen molar-refractivity contribution in [1.29, 1.82) is 0 Å². The molecule has 2 saturated heterocycles. The largest absolute Gasteiger partial charge is 0.396 e. The van der Waals surface area contributed by atoms with Gasteiger partial charge in [0, 0.05) is 45.5 Å². The summed E-state index contributed by atoms with van der Waals surface area (Å²) in [5.74, 6) is 0.728. The highest BCUT2D eigenvalue weighted by Gasteiger charge is 2.40. The molecule has 0 aromatic heterocycles. The fraction of sp³-hybridized carbons (Fsp3) is 1.00. The lowest BCUT2D eigenvalue weighted by Crippen LogP contribution is -2.36. The van der Waals surface area contributed by atoms with Gasteiger partial charge in [0.15, 0.2) is 11.6 Å². The van der Waals surface area contributed by atoms with Crippen LogP contribution in [0.15, 0.2) is 0 Å². The van der Waals surface area contributed by atoms with Crippen molar-refractivity contribution in [3.63, 3.8) is 0 Å². The highest BCUT2D eigenvalue weighted by atomic mass is 16.7. The van der Waals surface area contributed by atoms with Gasteiger partial charge in [0.25, 0.3) is 0 Å². The standard InChI is InChI=1S/C11H20O3.C9H16O3/c1-2-12-9-10-3-5-11(6-4-10)13-7-8-14-11;10-7-8-1-3-9(4-2-8)11-5-6-12-9/h10H,2-9H2,1H3;8,10H,1-7H2. The van der Waals surface area contributed by atoms with Crippen LogP contribution in [0.3, 0.4) is 0 Å². The Morgan fingerprint density at radius 1 is 0.769 bits per heavy atom. The summed E-state index contributed by atoms with van der Waals surface area (Å²) in [6.45, 7) is 7.13. The molecule has 4 fully saturated rings. The first-order valence-corrected chi connectivity index (χ1v) is 10.4. The summed E-state index contributed by atoms with van der Waals surface area (Å²) in [5.41, 5.74) is 0. The average molecular weight is 373 g/mol. The summed E-state index contributed by atoms with van der Waals surface area (Å²) < 4.78 is 27.9. The third-order valence-electron chi connectivity index (χ3n) is 6.18. The first-order valence-electron chi connectivity index (χ1n) is 10.4. The van der Waals surface area contributed by atoms with Gasteiger partial charge < -0.3 is 28.8 Å². The van der Waals surface area contributed by atoms with E-state index >= 15 is 0 Å². The van der Waals surface area contributed by atoms with Gasteiger partial charge in [-0.1, -0.05) is 0 Å². The molecule has 0 aromatic rings. The fourth-order valence-electron chi connectivity index (χ4n) is 4.44. The molecule has 2 heterocycles. The minimum absolute atomic E-state index is 0.206. The smallest absolute Gasteiger partial charge is 0.168 e. The van der Waals surface area contributed by atoms with Gasteiger partial charge in [-0.3, -0.25) is 0 Å². The number of rotatable bonds is 4. The molecule has 0 amide bonds. The van der Waals surface area contributed by atoms with Crippen LogP contribution < -0.4 is 0 Å². The van der Waals surface area contributed by atoms with Gasteiger partial charge in [-0.2, -0.15) is 0 Å². The molecule has 2 aliphatic heterocycles. The van der Waals surface area contributed by atoms with E-state index < -0.39 is 0 Å². The minimum Gasteiger partial charge on any atom is -0.396 e. The maximum absolute atomic E-state index is 8.94. The lowest BCUT2D eigenvalue weighted by molar-refractivity contribution is -0.184. The topological polar surface area (TPSA) is 66.4 Å². The number of ether oxygens (including phenoxy) is 5. The van der Waals surface area contributed by atoms with Crippen LogP contribution in [0.4, 0.5) is 0 Å². The second-order valence-corrected chi connectivity index (χ2v) is 7.94. The highest BCUT2D eigenvalue weighted by molar-refractivity contribution is 4.83. The summed E-state index contributed by atoms with van der Waals surface area (Å²) in [4.78, 5) is 0.